The fraction of sp³-hybridized carbons (Fsp3) is 0.714. The number of aryl methyl sites for hydroxylation is 1. The molecule has 2 rings (SSSR count). The normalized spacial score (nSPS) is 18.8. The van der Waals surface area contributed by atoms with Crippen LogP contribution in [0.4, 0.5) is 0 Å². The van der Waals surface area contributed by atoms with Gasteiger partial charge in [0, 0.05) is 44.7 Å². The van der Waals surface area contributed by atoms with Gasteiger partial charge in [0.05, 0.1) is 4.90 Å². The van der Waals surface area contributed by atoms with Crippen molar-refractivity contribution in [2.75, 3.05) is 20.3 Å². The van der Waals surface area contributed by atoms with Crippen molar-refractivity contribution in [3.05, 3.63) is 18.0 Å². The number of aromatic nitrogens is 1. The van der Waals surface area contributed by atoms with Gasteiger partial charge in [0.25, 0.3) is 0 Å². The Bertz CT molecular complexity index is 562. The van der Waals surface area contributed by atoms with Crippen LogP contribution in [0.15, 0.2) is 17.2 Å². The first kappa shape index (κ1) is 16.5. The van der Waals surface area contributed by atoms with E-state index in [4.69, 9.17) is 4.74 Å². The van der Waals surface area contributed by atoms with Crippen LogP contribution in [-0.4, -0.2) is 39.3 Å². The standard InChI is InChI=1S/C14H25N3O3S/c1-11(12-4-6-20-7-5-12)16-21(18,19)14-8-13(9-15-2)17(3)10-14/h8,10-12,15-16H,4-7,9H2,1-3H3. The first-order valence-corrected chi connectivity index (χ1v) is 8.82. The zero-order chi connectivity index (χ0) is 15.5. The number of sulfonamides is 1. The molecule has 1 aliphatic heterocycles. The molecule has 7 heteroatoms. The lowest BCUT2D eigenvalue weighted by Crippen LogP contribution is -2.40. The zero-order valence-electron chi connectivity index (χ0n) is 12.9. The van der Waals surface area contributed by atoms with Crippen molar-refractivity contribution in [1.29, 1.82) is 0 Å². The maximum Gasteiger partial charge on any atom is 0.242 e. The molecule has 120 valence electrons. The van der Waals surface area contributed by atoms with E-state index in [1.54, 1.807) is 12.3 Å². The van der Waals surface area contributed by atoms with E-state index in [2.05, 4.69) is 10.0 Å². The summed E-state index contributed by atoms with van der Waals surface area (Å²) < 4.78 is 34.9. The Morgan fingerprint density at radius 3 is 2.71 bits per heavy atom. The molecule has 1 saturated heterocycles. The molecule has 2 heterocycles. The molecule has 1 unspecified atom stereocenters. The Kier molecular flexibility index (Phi) is 5.43. The third kappa shape index (κ3) is 4.06. The van der Waals surface area contributed by atoms with Gasteiger partial charge < -0.3 is 14.6 Å². The molecule has 0 bridgehead atoms. The lowest BCUT2D eigenvalue weighted by molar-refractivity contribution is 0.0585. The summed E-state index contributed by atoms with van der Waals surface area (Å²) in [5.74, 6) is 0.342. The van der Waals surface area contributed by atoms with Gasteiger partial charge in [0.1, 0.15) is 0 Å². The van der Waals surface area contributed by atoms with Gasteiger partial charge in [-0.05, 0) is 38.8 Å². The number of nitrogens with zero attached hydrogens (tertiary/aromatic N) is 1. The quantitative estimate of drug-likeness (QED) is 0.816. The lowest BCUT2D eigenvalue weighted by atomic mass is 9.94. The third-order valence-corrected chi connectivity index (χ3v) is 5.59. The Hall–Kier alpha value is -0.890. The first-order chi connectivity index (χ1) is 9.94. The summed E-state index contributed by atoms with van der Waals surface area (Å²) in [6.07, 6.45) is 3.47. The fourth-order valence-electron chi connectivity index (χ4n) is 2.71. The summed E-state index contributed by atoms with van der Waals surface area (Å²) in [6, 6.07) is 1.64. The van der Waals surface area contributed by atoms with Crippen LogP contribution < -0.4 is 10.0 Å². The van der Waals surface area contributed by atoms with Crippen molar-refractivity contribution in [2.24, 2.45) is 13.0 Å². The van der Waals surface area contributed by atoms with E-state index in [1.807, 2.05) is 25.6 Å². The van der Waals surface area contributed by atoms with Crippen LogP contribution in [-0.2, 0) is 28.4 Å². The van der Waals surface area contributed by atoms with Gasteiger partial charge in [-0.3, -0.25) is 0 Å². The molecule has 0 saturated carbocycles. The zero-order valence-corrected chi connectivity index (χ0v) is 13.7. The van der Waals surface area contributed by atoms with Crippen molar-refractivity contribution in [2.45, 2.75) is 37.2 Å². The van der Waals surface area contributed by atoms with Crippen molar-refractivity contribution >= 4 is 10.0 Å². The van der Waals surface area contributed by atoms with Crippen LogP contribution in [0.3, 0.4) is 0 Å². The van der Waals surface area contributed by atoms with Gasteiger partial charge >= 0.3 is 0 Å². The van der Waals surface area contributed by atoms with Gasteiger partial charge in [-0.25, -0.2) is 13.1 Å². The predicted molar refractivity (Wildman–Crippen MR) is 81.5 cm³/mol. The Morgan fingerprint density at radius 1 is 1.43 bits per heavy atom. The minimum atomic E-state index is -3.47. The van der Waals surface area contributed by atoms with Crippen molar-refractivity contribution in [3.63, 3.8) is 0 Å². The van der Waals surface area contributed by atoms with Crippen LogP contribution in [0.5, 0.6) is 0 Å². The molecule has 0 radical (unpaired) electrons. The van der Waals surface area contributed by atoms with Gasteiger partial charge in [-0.15, -0.1) is 0 Å². The molecule has 21 heavy (non-hydrogen) atoms. The average molecular weight is 315 g/mol. The summed E-state index contributed by atoms with van der Waals surface area (Å²) in [5.41, 5.74) is 0.941. The molecular formula is C14H25N3O3S. The molecule has 1 aromatic heterocycles. The van der Waals surface area contributed by atoms with E-state index in [0.717, 1.165) is 18.5 Å². The highest BCUT2D eigenvalue weighted by Crippen LogP contribution is 2.21. The van der Waals surface area contributed by atoms with E-state index in [-0.39, 0.29) is 6.04 Å². The second-order valence-corrected chi connectivity index (χ2v) is 7.38. The monoisotopic (exact) mass is 315 g/mol. The maximum absolute atomic E-state index is 12.5. The molecule has 0 amide bonds. The largest absolute Gasteiger partial charge is 0.381 e. The first-order valence-electron chi connectivity index (χ1n) is 7.34. The number of nitrogens with one attached hydrogen (secondary N) is 2. The second kappa shape index (κ2) is 6.91. The summed E-state index contributed by atoms with van der Waals surface area (Å²) in [5, 5.41) is 3.03. The molecular weight excluding hydrogens is 290 g/mol. The van der Waals surface area contributed by atoms with E-state index in [9.17, 15) is 8.42 Å². The molecule has 0 aromatic carbocycles. The van der Waals surface area contributed by atoms with Crippen LogP contribution in [0.2, 0.25) is 0 Å². The summed E-state index contributed by atoms with van der Waals surface area (Å²) in [6.45, 7) is 4.01. The minimum Gasteiger partial charge on any atom is -0.381 e. The minimum absolute atomic E-state index is 0.0770. The molecule has 2 N–H and O–H groups in total. The van der Waals surface area contributed by atoms with E-state index < -0.39 is 10.0 Å². The van der Waals surface area contributed by atoms with Crippen molar-refractivity contribution in [1.82, 2.24) is 14.6 Å². The topological polar surface area (TPSA) is 72.4 Å². The Balaban J connectivity index is 2.08. The number of hydrogen-bond acceptors (Lipinski definition) is 4. The van der Waals surface area contributed by atoms with E-state index in [0.29, 0.717) is 30.6 Å². The molecule has 0 aliphatic carbocycles. The van der Waals surface area contributed by atoms with Gasteiger partial charge in [0.15, 0.2) is 0 Å². The fourth-order valence-corrected chi connectivity index (χ4v) is 4.11. The summed E-state index contributed by atoms with van der Waals surface area (Å²) >= 11 is 0. The van der Waals surface area contributed by atoms with Gasteiger partial charge in [0.2, 0.25) is 10.0 Å². The number of rotatable bonds is 6. The highest BCUT2D eigenvalue weighted by Gasteiger charge is 2.26. The molecule has 1 aromatic rings. The molecule has 1 atom stereocenters. The predicted octanol–water partition coefficient (Wildman–Crippen LogP) is 0.838. The number of hydrogen-bond donors (Lipinski definition) is 2. The summed E-state index contributed by atoms with van der Waals surface area (Å²) in [4.78, 5) is 0.328. The lowest BCUT2D eigenvalue weighted by Gasteiger charge is -2.28. The maximum atomic E-state index is 12.5. The molecule has 1 fully saturated rings. The van der Waals surface area contributed by atoms with Crippen molar-refractivity contribution in [3.8, 4) is 0 Å². The Labute approximate surface area is 126 Å². The second-order valence-electron chi connectivity index (χ2n) is 5.67. The average Bonchev–Trinajstić information content (AvgIpc) is 2.82. The molecule has 1 aliphatic rings. The Morgan fingerprint density at radius 2 is 2.10 bits per heavy atom. The van der Waals surface area contributed by atoms with E-state index >= 15 is 0 Å². The van der Waals surface area contributed by atoms with Crippen molar-refractivity contribution < 1.29 is 13.2 Å². The highest BCUT2D eigenvalue weighted by molar-refractivity contribution is 7.89. The van der Waals surface area contributed by atoms with Crippen LogP contribution in [0.1, 0.15) is 25.5 Å². The summed E-state index contributed by atoms with van der Waals surface area (Å²) in [7, 11) is 0.226. The van der Waals surface area contributed by atoms with Crippen LogP contribution in [0, 0.1) is 5.92 Å². The SMILES string of the molecule is CNCc1cc(S(=O)(=O)NC(C)C2CCOCC2)cn1C. The highest BCUT2D eigenvalue weighted by atomic mass is 32.2. The molecule has 6 nitrogen and oxygen atoms in total. The smallest absolute Gasteiger partial charge is 0.242 e. The van der Waals surface area contributed by atoms with Crippen LogP contribution >= 0.6 is 0 Å². The van der Waals surface area contributed by atoms with Gasteiger partial charge in [-0.2, -0.15) is 0 Å². The van der Waals surface area contributed by atoms with Crippen LogP contribution in [0.25, 0.3) is 0 Å². The molecule has 0 spiro atoms. The number of ether oxygens (including phenoxy) is 1. The third-order valence-electron chi connectivity index (χ3n) is 4.07. The van der Waals surface area contributed by atoms with E-state index in [1.165, 1.54) is 0 Å². The van der Waals surface area contributed by atoms with Gasteiger partial charge in [-0.1, -0.05) is 0 Å².